The average molecular weight is 353 g/mol. The highest BCUT2D eigenvalue weighted by Gasteiger charge is 2.09. The Hall–Kier alpha value is -2.98. The fourth-order valence-corrected chi connectivity index (χ4v) is 2.54. The fourth-order valence-electron chi connectivity index (χ4n) is 2.32. The van der Waals surface area contributed by atoms with Gasteiger partial charge in [0.05, 0.1) is 17.7 Å². The molecule has 0 saturated heterocycles. The summed E-state index contributed by atoms with van der Waals surface area (Å²) in [5, 5.41) is 6.55. The van der Waals surface area contributed by atoms with Gasteiger partial charge < -0.3 is 15.4 Å². The minimum atomic E-state index is -0.235. The van der Waals surface area contributed by atoms with Gasteiger partial charge in [-0.2, -0.15) is 0 Å². The molecule has 0 bridgehead atoms. The van der Waals surface area contributed by atoms with Gasteiger partial charge in [0.1, 0.15) is 5.75 Å². The van der Waals surface area contributed by atoms with Gasteiger partial charge in [0, 0.05) is 17.1 Å². The molecule has 0 spiro atoms. The summed E-state index contributed by atoms with van der Waals surface area (Å²) in [5.41, 5.74) is 3.02. The van der Waals surface area contributed by atoms with E-state index in [9.17, 15) is 4.79 Å². The van der Waals surface area contributed by atoms with Crippen LogP contribution in [0.2, 0.25) is 5.02 Å². The van der Waals surface area contributed by atoms with Gasteiger partial charge in [0.2, 0.25) is 0 Å². The number of hydrogen-bond acceptors (Lipinski definition) is 3. The molecule has 2 N–H and O–H groups in total. The monoisotopic (exact) mass is 352 g/mol. The van der Waals surface area contributed by atoms with Crippen LogP contribution in [0, 0.1) is 0 Å². The molecule has 4 nitrogen and oxygen atoms in total. The second kappa shape index (κ2) is 7.73. The zero-order valence-corrected chi connectivity index (χ0v) is 14.4. The first kappa shape index (κ1) is 16.9. The molecule has 3 aromatic rings. The van der Waals surface area contributed by atoms with Gasteiger partial charge in [-0.3, -0.25) is 4.79 Å². The van der Waals surface area contributed by atoms with E-state index in [2.05, 4.69) is 10.6 Å². The highest BCUT2D eigenvalue weighted by molar-refractivity contribution is 6.34. The van der Waals surface area contributed by atoms with Crippen molar-refractivity contribution in [3.63, 3.8) is 0 Å². The number of ether oxygens (including phenoxy) is 1. The Morgan fingerprint density at radius 2 is 1.40 bits per heavy atom. The van der Waals surface area contributed by atoms with Crippen LogP contribution in [0.15, 0.2) is 72.8 Å². The molecule has 5 heteroatoms. The van der Waals surface area contributed by atoms with Crippen molar-refractivity contribution < 1.29 is 9.53 Å². The Labute approximate surface area is 151 Å². The lowest BCUT2D eigenvalue weighted by Gasteiger charge is -2.10. The number of benzene rings is 3. The molecule has 0 aliphatic heterocycles. The molecule has 0 atom stereocenters. The van der Waals surface area contributed by atoms with Crippen molar-refractivity contribution in [2.75, 3.05) is 17.7 Å². The first-order valence-corrected chi connectivity index (χ1v) is 8.10. The lowest BCUT2D eigenvalue weighted by molar-refractivity contribution is 0.102. The number of carbonyl (C=O) groups is 1. The van der Waals surface area contributed by atoms with Crippen molar-refractivity contribution in [2.45, 2.75) is 0 Å². The normalized spacial score (nSPS) is 10.2. The summed E-state index contributed by atoms with van der Waals surface area (Å²) in [6, 6.07) is 22.1. The molecule has 1 amide bonds. The molecule has 0 aliphatic rings. The van der Waals surface area contributed by atoms with Gasteiger partial charge in [-0.25, -0.2) is 0 Å². The van der Waals surface area contributed by atoms with Crippen LogP contribution >= 0.6 is 11.6 Å². The third-order valence-corrected chi connectivity index (χ3v) is 3.97. The van der Waals surface area contributed by atoms with Gasteiger partial charge in [0.15, 0.2) is 0 Å². The number of halogens is 1. The van der Waals surface area contributed by atoms with Crippen LogP contribution in [0.3, 0.4) is 0 Å². The first-order valence-electron chi connectivity index (χ1n) is 7.73. The minimum Gasteiger partial charge on any atom is -0.497 e. The molecular formula is C20H17ClN2O2. The molecule has 3 rings (SSSR count). The van der Waals surface area contributed by atoms with E-state index < -0.39 is 0 Å². The van der Waals surface area contributed by atoms with Gasteiger partial charge in [-0.15, -0.1) is 0 Å². The Balaban J connectivity index is 1.65. The van der Waals surface area contributed by atoms with E-state index in [-0.39, 0.29) is 5.91 Å². The Kier molecular flexibility index (Phi) is 5.21. The van der Waals surface area contributed by atoms with Crippen LogP contribution < -0.4 is 15.4 Å². The predicted molar refractivity (Wildman–Crippen MR) is 102 cm³/mol. The number of rotatable bonds is 5. The van der Waals surface area contributed by atoms with E-state index in [0.717, 1.165) is 17.1 Å². The predicted octanol–water partition coefficient (Wildman–Crippen LogP) is 5.34. The van der Waals surface area contributed by atoms with E-state index in [4.69, 9.17) is 16.3 Å². The molecule has 0 unspecified atom stereocenters. The molecule has 25 heavy (non-hydrogen) atoms. The van der Waals surface area contributed by atoms with Crippen molar-refractivity contribution in [3.8, 4) is 5.75 Å². The first-order chi connectivity index (χ1) is 12.2. The van der Waals surface area contributed by atoms with Crippen molar-refractivity contribution in [2.24, 2.45) is 0 Å². The third kappa shape index (κ3) is 4.31. The lowest BCUT2D eigenvalue weighted by atomic mass is 10.2. The summed E-state index contributed by atoms with van der Waals surface area (Å²) in [5.74, 6) is 0.574. The summed E-state index contributed by atoms with van der Waals surface area (Å²) in [4.78, 5) is 12.2. The molecule has 0 saturated carbocycles. The average Bonchev–Trinajstić information content (AvgIpc) is 2.64. The van der Waals surface area contributed by atoms with E-state index in [1.807, 2.05) is 48.5 Å². The summed E-state index contributed by atoms with van der Waals surface area (Å²) in [6.07, 6.45) is 0. The Morgan fingerprint density at radius 1 is 0.840 bits per heavy atom. The zero-order chi connectivity index (χ0) is 17.6. The van der Waals surface area contributed by atoms with Gasteiger partial charge in [0.25, 0.3) is 5.91 Å². The quantitative estimate of drug-likeness (QED) is 0.651. The van der Waals surface area contributed by atoms with Gasteiger partial charge in [-0.1, -0.05) is 23.7 Å². The summed E-state index contributed by atoms with van der Waals surface area (Å²) in [6.45, 7) is 0. The molecule has 3 aromatic carbocycles. The van der Waals surface area contributed by atoms with Crippen LogP contribution in [0.4, 0.5) is 17.1 Å². The minimum absolute atomic E-state index is 0.235. The van der Waals surface area contributed by atoms with Crippen molar-refractivity contribution in [1.29, 1.82) is 0 Å². The van der Waals surface area contributed by atoms with Crippen molar-refractivity contribution in [1.82, 2.24) is 0 Å². The van der Waals surface area contributed by atoms with Gasteiger partial charge in [-0.05, 0) is 60.7 Å². The highest BCUT2D eigenvalue weighted by atomic mass is 35.5. The Morgan fingerprint density at radius 3 is 2.00 bits per heavy atom. The summed E-state index contributed by atoms with van der Waals surface area (Å²) >= 11 is 6.04. The standard InChI is InChI=1S/C20H17ClN2O2/c1-25-17-12-10-15(11-13-17)22-14-6-8-16(9-7-14)23-20(24)18-4-2-3-5-19(18)21/h2-13,22H,1H3,(H,23,24). The van der Waals surface area contributed by atoms with Crippen LogP contribution in [0.1, 0.15) is 10.4 Å². The summed E-state index contributed by atoms with van der Waals surface area (Å²) < 4.78 is 5.14. The second-order valence-corrected chi connectivity index (χ2v) is 5.77. The third-order valence-electron chi connectivity index (χ3n) is 3.64. The smallest absolute Gasteiger partial charge is 0.257 e. The largest absolute Gasteiger partial charge is 0.497 e. The van der Waals surface area contributed by atoms with E-state index in [0.29, 0.717) is 16.3 Å². The molecule has 0 aromatic heterocycles. The maximum atomic E-state index is 12.2. The number of nitrogens with one attached hydrogen (secondary N) is 2. The number of methoxy groups -OCH3 is 1. The van der Waals surface area contributed by atoms with E-state index in [1.165, 1.54) is 0 Å². The van der Waals surface area contributed by atoms with E-state index >= 15 is 0 Å². The number of carbonyl (C=O) groups excluding carboxylic acids is 1. The molecule has 0 radical (unpaired) electrons. The van der Waals surface area contributed by atoms with Gasteiger partial charge >= 0.3 is 0 Å². The number of amides is 1. The Bertz CT molecular complexity index is 862. The van der Waals surface area contributed by atoms with Crippen LogP contribution in [-0.4, -0.2) is 13.0 Å². The van der Waals surface area contributed by atoms with Crippen LogP contribution in [-0.2, 0) is 0 Å². The van der Waals surface area contributed by atoms with Crippen LogP contribution in [0.5, 0.6) is 5.75 Å². The second-order valence-electron chi connectivity index (χ2n) is 5.36. The molecule has 0 fully saturated rings. The molecule has 126 valence electrons. The topological polar surface area (TPSA) is 50.4 Å². The molecule has 0 aliphatic carbocycles. The maximum Gasteiger partial charge on any atom is 0.257 e. The van der Waals surface area contributed by atoms with Crippen LogP contribution in [0.25, 0.3) is 0 Å². The van der Waals surface area contributed by atoms with Crippen molar-refractivity contribution >= 4 is 34.6 Å². The fraction of sp³-hybridized carbons (Fsp3) is 0.0500. The zero-order valence-electron chi connectivity index (χ0n) is 13.6. The number of hydrogen-bond donors (Lipinski definition) is 2. The molecular weight excluding hydrogens is 336 g/mol. The van der Waals surface area contributed by atoms with Crippen molar-refractivity contribution in [3.05, 3.63) is 83.4 Å². The summed E-state index contributed by atoms with van der Waals surface area (Å²) in [7, 11) is 1.64. The van der Waals surface area contributed by atoms with E-state index in [1.54, 1.807) is 31.4 Å². The maximum absolute atomic E-state index is 12.2. The highest BCUT2D eigenvalue weighted by Crippen LogP contribution is 2.22. The number of anilines is 3. The lowest BCUT2D eigenvalue weighted by Crippen LogP contribution is -2.12. The molecule has 0 heterocycles. The SMILES string of the molecule is COc1ccc(Nc2ccc(NC(=O)c3ccccc3Cl)cc2)cc1.